The molecule has 0 saturated heterocycles. The second-order valence-corrected chi connectivity index (χ2v) is 12.2. The standard InChI is InChI=1S/C26H31OP/c1-18(2)28(27,19(3)4)26-15-11-10-14-23(26)25-17-21(6)20(5)16-24(25)22-12-8-7-9-13-22/h7-19H,1-6H3. The van der Waals surface area contributed by atoms with Gasteiger partial charge in [0, 0.05) is 16.6 Å². The van der Waals surface area contributed by atoms with E-state index in [9.17, 15) is 4.57 Å². The fourth-order valence-corrected chi connectivity index (χ4v) is 7.25. The molecule has 0 aliphatic carbocycles. The van der Waals surface area contributed by atoms with Crippen molar-refractivity contribution in [3.05, 3.63) is 77.9 Å². The average Bonchev–Trinajstić information content (AvgIpc) is 2.69. The third-order valence-electron chi connectivity index (χ3n) is 5.82. The van der Waals surface area contributed by atoms with Crippen molar-refractivity contribution in [2.24, 2.45) is 0 Å². The maximum Gasteiger partial charge on any atom is 0.121 e. The lowest BCUT2D eigenvalue weighted by atomic mass is 9.91. The van der Waals surface area contributed by atoms with Gasteiger partial charge in [-0.05, 0) is 47.2 Å². The van der Waals surface area contributed by atoms with Crippen LogP contribution >= 0.6 is 7.14 Å². The second-order valence-electron chi connectivity index (χ2n) is 8.26. The Balaban J connectivity index is 2.35. The smallest absolute Gasteiger partial charge is 0.121 e. The van der Waals surface area contributed by atoms with Crippen LogP contribution in [0, 0.1) is 13.8 Å². The third kappa shape index (κ3) is 3.61. The van der Waals surface area contributed by atoms with Crippen molar-refractivity contribution in [1.82, 2.24) is 0 Å². The molecule has 0 aliphatic heterocycles. The van der Waals surface area contributed by atoms with Crippen molar-refractivity contribution in [1.29, 1.82) is 0 Å². The fourth-order valence-electron chi connectivity index (χ4n) is 4.05. The van der Waals surface area contributed by atoms with Crippen LogP contribution in [0.3, 0.4) is 0 Å². The lowest BCUT2D eigenvalue weighted by Gasteiger charge is -2.29. The van der Waals surface area contributed by atoms with Crippen molar-refractivity contribution >= 4 is 12.4 Å². The zero-order valence-corrected chi connectivity index (χ0v) is 18.8. The molecule has 0 atom stereocenters. The monoisotopic (exact) mass is 390 g/mol. The molecule has 3 aromatic rings. The molecular formula is C26H31OP. The van der Waals surface area contributed by atoms with Gasteiger partial charge in [0.25, 0.3) is 0 Å². The first kappa shape index (κ1) is 20.6. The van der Waals surface area contributed by atoms with Crippen LogP contribution in [0.5, 0.6) is 0 Å². The van der Waals surface area contributed by atoms with Gasteiger partial charge in [-0.3, -0.25) is 0 Å². The molecule has 0 aromatic heterocycles. The maximum absolute atomic E-state index is 14.2. The van der Waals surface area contributed by atoms with Gasteiger partial charge in [-0.15, -0.1) is 0 Å². The van der Waals surface area contributed by atoms with E-state index in [1.54, 1.807) is 0 Å². The number of rotatable bonds is 5. The molecule has 0 fully saturated rings. The Labute approximate surface area is 170 Å². The van der Waals surface area contributed by atoms with E-state index < -0.39 is 7.14 Å². The first-order valence-corrected chi connectivity index (χ1v) is 12.0. The topological polar surface area (TPSA) is 17.1 Å². The normalized spacial score (nSPS) is 12.0. The highest BCUT2D eigenvalue weighted by Crippen LogP contribution is 2.55. The van der Waals surface area contributed by atoms with E-state index in [1.165, 1.54) is 27.8 Å². The van der Waals surface area contributed by atoms with Crippen LogP contribution in [-0.4, -0.2) is 11.3 Å². The summed E-state index contributed by atoms with van der Waals surface area (Å²) >= 11 is 0. The third-order valence-corrected chi connectivity index (χ3v) is 10.0. The van der Waals surface area contributed by atoms with Gasteiger partial charge in [0.2, 0.25) is 0 Å². The van der Waals surface area contributed by atoms with Crippen molar-refractivity contribution in [2.75, 3.05) is 0 Å². The summed E-state index contributed by atoms with van der Waals surface area (Å²) in [6, 6.07) is 23.4. The predicted molar refractivity (Wildman–Crippen MR) is 124 cm³/mol. The van der Waals surface area contributed by atoms with Gasteiger partial charge in [-0.1, -0.05) is 94.4 Å². The van der Waals surface area contributed by atoms with Crippen LogP contribution in [0.25, 0.3) is 22.3 Å². The van der Waals surface area contributed by atoms with E-state index in [1.807, 2.05) is 12.1 Å². The fraction of sp³-hybridized carbons (Fsp3) is 0.308. The summed E-state index contributed by atoms with van der Waals surface area (Å²) in [4.78, 5) is 0. The highest BCUT2D eigenvalue weighted by atomic mass is 31.2. The molecular weight excluding hydrogens is 359 g/mol. The molecule has 0 unspecified atom stereocenters. The minimum atomic E-state index is -2.56. The van der Waals surface area contributed by atoms with E-state index in [0.29, 0.717) is 0 Å². The van der Waals surface area contributed by atoms with Gasteiger partial charge in [0.15, 0.2) is 0 Å². The zero-order valence-electron chi connectivity index (χ0n) is 17.9. The number of aryl methyl sites for hydroxylation is 2. The molecule has 0 radical (unpaired) electrons. The molecule has 3 rings (SSSR count). The summed E-state index contributed by atoms with van der Waals surface area (Å²) in [5, 5.41) is 1.01. The van der Waals surface area contributed by atoms with Gasteiger partial charge in [-0.2, -0.15) is 0 Å². The SMILES string of the molecule is Cc1cc(-c2ccccc2)c(-c2ccccc2P(=O)(C(C)C)C(C)C)cc1C. The summed E-state index contributed by atoms with van der Waals surface area (Å²) in [7, 11) is -2.56. The lowest BCUT2D eigenvalue weighted by molar-refractivity contribution is 0.569. The van der Waals surface area contributed by atoms with Crippen molar-refractivity contribution < 1.29 is 4.57 Å². The van der Waals surface area contributed by atoms with Crippen LogP contribution in [0.2, 0.25) is 0 Å². The molecule has 0 aliphatic rings. The molecule has 0 heterocycles. The lowest BCUT2D eigenvalue weighted by Crippen LogP contribution is -2.21. The Morgan fingerprint density at radius 2 is 1.14 bits per heavy atom. The molecule has 0 bridgehead atoms. The van der Waals surface area contributed by atoms with E-state index in [0.717, 1.165) is 10.9 Å². The summed E-state index contributed by atoms with van der Waals surface area (Å²) in [5.41, 5.74) is 7.43. The molecule has 0 saturated carbocycles. The van der Waals surface area contributed by atoms with Gasteiger partial charge in [0.1, 0.15) is 7.14 Å². The van der Waals surface area contributed by atoms with Crippen molar-refractivity contribution in [2.45, 2.75) is 52.9 Å². The Bertz CT molecular complexity index is 1000. The van der Waals surface area contributed by atoms with E-state index in [2.05, 4.69) is 96.1 Å². The average molecular weight is 391 g/mol. The van der Waals surface area contributed by atoms with Crippen LogP contribution < -0.4 is 5.30 Å². The van der Waals surface area contributed by atoms with Crippen molar-refractivity contribution in [3.63, 3.8) is 0 Å². The summed E-state index contributed by atoms with van der Waals surface area (Å²) < 4.78 is 14.2. The largest absolute Gasteiger partial charge is 0.318 e. The van der Waals surface area contributed by atoms with E-state index in [-0.39, 0.29) is 11.3 Å². The number of hydrogen-bond acceptors (Lipinski definition) is 1. The molecule has 0 spiro atoms. The quantitative estimate of drug-likeness (QED) is 0.414. The molecule has 146 valence electrons. The number of hydrogen-bond donors (Lipinski definition) is 0. The van der Waals surface area contributed by atoms with Gasteiger partial charge >= 0.3 is 0 Å². The van der Waals surface area contributed by atoms with Gasteiger partial charge in [-0.25, -0.2) is 0 Å². The number of benzene rings is 3. The highest BCUT2D eigenvalue weighted by molar-refractivity contribution is 7.73. The molecule has 0 amide bonds. The Kier molecular flexibility index (Phi) is 5.96. The molecule has 1 nitrogen and oxygen atoms in total. The first-order valence-electron chi connectivity index (χ1n) is 10.1. The van der Waals surface area contributed by atoms with Gasteiger partial charge in [0.05, 0.1) is 0 Å². The molecule has 0 N–H and O–H groups in total. The van der Waals surface area contributed by atoms with Crippen LogP contribution in [0.15, 0.2) is 66.7 Å². The summed E-state index contributed by atoms with van der Waals surface area (Å²) in [6.45, 7) is 12.7. The second kappa shape index (κ2) is 8.10. The predicted octanol–water partition coefficient (Wildman–Crippen LogP) is 7.44. The summed E-state index contributed by atoms with van der Waals surface area (Å²) in [6.07, 6.45) is 0. The minimum Gasteiger partial charge on any atom is -0.318 e. The van der Waals surface area contributed by atoms with E-state index in [4.69, 9.17) is 0 Å². The van der Waals surface area contributed by atoms with Crippen LogP contribution in [0.1, 0.15) is 38.8 Å². The molecule has 28 heavy (non-hydrogen) atoms. The molecule has 3 aromatic carbocycles. The Morgan fingerprint density at radius 3 is 1.71 bits per heavy atom. The van der Waals surface area contributed by atoms with Crippen molar-refractivity contribution in [3.8, 4) is 22.3 Å². The molecule has 2 heteroatoms. The summed E-state index contributed by atoms with van der Waals surface area (Å²) in [5.74, 6) is 0. The highest BCUT2D eigenvalue weighted by Gasteiger charge is 2.34. The first-order chi connectivity index (χ1) is 13.3. The zero-order chi connectivity index (χ0) is 20.5. The Hall–Kier alpha value is -2.11. The maximum atomic E-state index is 14.2. The van der Waals surface area contributed by atoms with E-state index >= 15 is 0 Å². The van der Waals surface area contributed by atoms with Crippen LogP contribution in [-0.2, 0) is 4.57 Å². The Morgan fingerprint density at radius 1 is 0.643 bits per heavy atom. The van der Waals surface area contributed by atoms with Crippen LogP contribution in [0.4, 0.5) is 0 Å². The van der Waals surface area contributed by atoms with Gasteiger partial charge < -0.3 is 4.57 Å². The minimum absolute atomic E-state index is 0.111.